The highest BCUT2D eigenvalue weighted by molar-refractivity contribution is 6.17. The Morgan fingerprint density at radius 3 is 2.76 bits per heavy atom. The van der Waals surface area contributed by atoms with Crippen LogP contribution in [0.25, 0.3) is 0 Å². The van der Waals surface area contributed by atoms with Crippen LogP contribution in [0.4, 0.5) is 0 Å². The topological polar surface area (TPSA) is 38.3 Å². The van der Waals surface area contributed by atoms with Gasteiger partial charge in [0.1, 0.15) is 5.75 Å². The number of ether oxygens (including phenoxy) is 1. The number of benzene rings is 1. The van der Waals surface area contributed by atoms with Crippen molar-refractivity contribution in [2.75, 3.05) is 13.0 Å². The van der Waals surface area contributed by atoms with E-state index in [1.807, 2.05) is 19.1 Å². The number of rotatable bonds is 6. The molecule has 3 nitrogen and oxygen atoms in total. The van der Waals surface area contributed by atoms with Crippen LogP contribution in [0, 0.1) is 0 Å². The van der Waals surface area contributed by atoms with E-state index in [9.17, 15) is 4.79 Å². The number of para-hydroxylation sites is 1. The molecule has 0 fully saturated rings. The van der Waals surface area contributed by atoms with Crippen LogP contribution in [-0.4, -0.2) is 24.9 Å². The molecule has 0 aliphatic rings. The lowest BCUT2D eigenvalue weighted by atomic mass is 10.1. The summed E-state index contributed by atoms with van der Waals surface area (Å²) in [6.45, 7) is 2.03. The lowest BCUT2D eigenvalue weighted by molar-refractivity contribution is 0.0932. The van der Waals surface area contributed by atoms with E-state index in [1.165, 1.54) is 0 Å². The summed E-state index contributed by atoms with van der Waals surface area (Å²) in [4.78, 5) is 12.0. The quantitative estimate of drug-likeness (QED) is 0.794. The highest BCUT2D eigenvalue weighted by atomic mass is 35.5. The van der Waals surface area contributed by atoms with Gasteiger partial charge in [-0.2, -0.15) is 0 Å². The second kappa shape index (κ2) is 7.17. The Hall–Kier alpha value is -1.22. The molecule has 0 spiro atoms. The third kappa shape index (κ3) is 3.93. The molecule has 0 aliphatic heterocycles. The molecule has 1 unspecified atom stereocenters. The molecular formula is C13H18ClNO2. The maximum Gasteiger partial charge on any atom is 0.255 e. The van der Waals surface area contributed by atoms with E-state index in [0.717, 1.165) is 12.8 Å². The molecule has 1 amide bonds. The number of amides is 1. The molecule has 0 bridgehead atoms. The van der Waals surface area contributed by atoms with E-state index in [1.54, 1.807) is 19.2 Å². The van der Waals surface area contributed by atoms with Gasteiger partial charge < -0.3 is 10.1 Å². The van der Waals surface area contributed by atoms with Gasteiger partial charge in [-0.15, -0.1) is 11.6 Å². The average Bonchev–Trinajstić information content (AvgIpc) is 2.38. The van der Waals surface area contributed by atoms with Crippen LogP contribution in [0.2, 0.25) is 0 Å². The van der Waals surface area contributed by atoms with Crippen molar-refractivity contribution in [3.8, 4) is 5.75 Å². The fourth-order valence-electron chi connectivity index (χ4n) is 1.61. The van der Waals surface area contributed by atoms with Gasteiger partial charge >= 0.3 is 0 Å². The average molecular weight is 256 g/mol. The highest BCUT2D eigenvalue weighted by Crippen LogP contribution is 2.17. The fourth-order valence-corrected chi connectivity index (χ4v) is 1.87. The second-order valence-corrected chi connectivity index (χ2v) is 4.13. The molecule has 17 heavy (non-hydrogen) atoms. The number of carbonyl (C=O) groups excluding carboxylic acids is 1. The molecule has 0 aliphatic carbocycles. The fraction of sp³-hybridized carbons (Fsp3) is 0.462. The van der Waals surface area contributed by atoms with Gasteiger partial charge in [0.05, 0.1) is 12.7 Å². The van der Waals surface area contributed by atoms with Gasteiger partial charge in [0.25, 0.3) is 5.91 Å². The summed E-state index contributed by atoms with van der Waals surface area (Å²) in [5.41, 5.74) is 0.558. The lowest BCUT2D eigenvalue weighted by Crippen LogP contribution is -2.34. The Bertz CT molecular complexity index is 368. The smallest absolute Gasteiger partial charge is 0.255 e. The number of carbonyl (C=O) groups is 1. The van der Waals surface area contributed by atoms with Crippen molar-refractivity contribution in [3.05, 3.63) is 29.8 Å². The molecule has 1 aromatic carbocycles. The summed E-state index contributed by atoms with van der Waals surface area (Å²) < 4.78 is 5.15. The number of nitrogens with one attached hydrogen (secondary N) is 1. The monoisotopic (exact) mass is 255 g/mol. The number of methoxy groups -OCH3 is 1. The normalized spacial score (nSPS) is 11.9. The Kier molecular flexibility index (Phi) is 5.84. The predicted octanol–water partition coefficient (Wildman–Crippen LogP) is 2.83. The third-order valence-electron chi connectivity index (χ3n) is 2.64. The van der Waals surface area contributed by atoms with Gasteiger partial charge in [0.2, 0.25) is 0 Å². The zero-order chi connectivity index (χ0) is 12.7. The first-order valence-corrected chi connectivity index (χ1v) is 6.26. The first-order valence-electron chi connectivity index (χ1n) is 5.72. The summed E-state index contributed by atoms with van der Waals surface area (Å²) in [6.07, 6.45) is 1.65. The number of halogens is 1. The minimum absolute atomic E-state index is 0.112. The van der Waals surface area contributed by atoms with E-state index >= 15 is 0 Å². The Morgan fingerprint density at radius 2 is 2.18 bits per heavy atom. The Balaban J connectivity index is 2.75. The summed E-state index contributed by atoms with van der Waals surface area (Å²) in [6, 6.07) is 7.30. The third-order valence-corrected chi connectivity index (χ3v) is 2.86. The van der Waals surface area contributed by atoms with Gasteiger partial charge in [-0.25, -0.2) is 0 Å². The molecule has 94 valence electrons. The van der Waals surface area contributed by atoms with E-state index in [-0.39, 0.29) is 11.9 Å². The van der Waals surface area contributed by atoms with Crippen LogP contribution >= 0.6 is 11.6 Å². The van der Waals surface area contributed by atoms with Crippen molar-refractivity contribution in [3.63, 3.8) is 0 Å². The van der Waals surface area contributed by atoms with Crippen molar-refractivity contribution in [2.45, 2.75) is 25.8 Å². The van der Waals surface area contributed by atoms with Crippen molar-refractivity contribution < 1.29 is 9.53 Å². The number of hydrogen-bond acceptors (Lipinski definition) is 2. The standard InChI is InChI=1S/C13H18ClNO2/c1-3-10(8-9-14)15-13(16)11-6-4-5-7-12(11)17-2/h4-7,10H,3,8-9H2,1-2H3,(H,15,16). The molecule has 4 heteroatoms. The Morgan fingerprint density at radius 1 is 1.47 bits per heavy atom. The van der Waals surface area contributed by atoms with E-state index in [4.69, 9.17) is 16.3 Å². The van der Waals surface area contributed by atoms with Crippen LogP contribution < -0.4 is 10.1 Å². The van der Waals surface area contributed by atoms with E-state index in [0.29, 0.717) is 17.2 Å². The first-order chi connectivity index (χ1) is 8.22. The molecule has 0 radical (unpaired) electrons. The molecule has 1 N–H and O–H groups in total. The van der Waals surface area contributed by atoms with Crippen molar-refractivity contribution in [1.29, 1.82) is 0 Å². The summed E-state index contributed by atoms with van der Waals surface area (Å²) in [5.74, 6) is 1.02. The number of hydrogen-bond donors (Lipinski definition) is 1. The highest BCUT2D eigenvalue weighted by Gasteiger charge is 2.14. The molecule has 0 heterocycles. The molecule has 0 saturated carbocycles. The van der Waals surface area contributed by atoms with Gasteiger partial charge in [0, 0.05) is 11.9 Å². The predicted molar refractivity (Wildman–Crippen MR) is 69.9 cm³/mol. The molecule has 0 aromatic heterocycles. The molecule has 1 atom stereocenters. The largest absolute Gasteiger partial charge is 0.496 e. The number of alkyl halides is 1. The van der Waals surface area contributed by atoms with Crippen LogP contribution in [0.3, 0.4) is 0 Å². The van der Waals surface area contributed by atoms with Gasteiger partial charge in [-0.05, 0) is 25.0 Å². The van der Waals surface area contributed by atoms with Crippen LogP contribution in [0.1, 0.15) is 30.1 Å². The summed E-state index contributed by atoms with van der Waals surface area (Å²) >= 11 is 5.69. The SMILES string of the molecule is CCC(CCCl)NC(=O)c1ccccc1OC. The lowest BCUT2D eigenvalue weighted by Gasteiger charge is -2.16. The maximum absolute atomic E-state index is 12.0. The first kappa shape index (κ1) is 13.8. The van der Waals surface area contributed by atoms with Crippen molar-refractivity contribution in [1.82, 2.24) is 5.32 Å². The van der Waals surface area contributed by atoms with Crippen LogP contribution in [0.15, 0.2) is 24.3 Å². The van der Waals surface area contributed by atoms with Gasteiger partial charge in [-0.3, -0.25) is 4.79 Å². The summed E-state index contributed by atoms with van der Waals surface area (Å²) in [5, 5.41) is 2.96. The van der Waals surface area contributed by atoms with Crippen LogP contribution in [-0.2, 0) is 0 Å². The molecule has 1 rings (SSSR count). The minimum Gasteiger partial charge on any atom is -0.496 e. The second-order valence-electron chi connectivity index (χ2n) is 3.76. The van der Waals surface area contributed by atoms with Gasteiger partial charge in [-0.1, -0.05) is 19.1 Å². The summed E-state index contributed by atoms with van der Waals surface area (Å²) in [7, 11) is 1.56. The van der Waals surface area contributed by atoms with Crippen molar-refractivity contribution >= 4 is 17.5 Å². The van der Waals surface area contributed by atoms with Crippen LogP contribution in [0.5, 0.6) is 5.75 Å². The van der Waals surface area contributed by atoms with Crippen molar-refractivity contribution in [2.24, 2.45) is 0 Å². The molecular weight excluding hydrogens is 238 g/mol. The zero-order valence-corrected chi connectivity index (χ0v) is 11.0. The molecule has 1 aromatic rings. The minimum atomic E-state index is -0.112. The zero-order valence-electron chi connectivity index (χ0n) is 10.2. The van der Waals surface area contributed by atoms with E-state index < -0.39 is 0 Å². The maximum atomic E-state index is 12.0. The Labute approximate surface area is 107 Å². The molecule has 0 saturated heterocycles. The van der Waals surface area contributed by atoms with Gasteiger partial charge in [0.15, 0.2) is 0 Å². The van der Waals surface area contributed by atoms with E-state index in [2.05, 4.69) is 5.32 Å².